The molecule has 7 heteroatoms. The van der Waals surface area contributed by atoms with Crippen molar-refractivity contribution in [3.05, 3.63) is 69.5 Å². The van der Waals surface area contributed by atoms with Gasteiger partial charge in [0.2, 0.25) is 0 Å². The first-order valence-corrected chi connectivity index (χ1v) is 8.69. The van der Waals surface area contributed by atoms with Gasteiger partial charge in [0.15, 0.2) is 5.78 Å². The molecule has 3 rings (SSSR count). The van der Waals surface area contributed by atoms with Crippen LogP contribution < -0.4 is 0 Å². The number of hydrogen-bond donors (Lipinski definition) is 2. The number of phenols is 1. The van der Waals surface area contributed by atoms with E-state index in [4.69, 9.17) is 11.6 Å². The van der Waals surface area contributed by atoms with Crippen LogP contribution in [0, 0.1) is 5.82 Å². The summed E-state index contributed by atoms with van der Waals surface area (Å²) in [5, 5.41) is 20.1. The predicted octanol–water partition coefficient (Wildman–Crippen LogP) is 4.68. The van der Waals surface area contributed by atoms with Crippen molar-refractivity contribution in [1.82, 2.24) is 4.90 Å². The van der Waals surface area contributed by atoms with Gasteiger partial charge in [0, 0.05) is 22.7 Å². The summed E-state index contributed by atoms with van der Waals surface area (Å²) in [6.07, 6.45) is 1.85. The molecule has 5 nitrogen and oxygen atoms in total. The molecule has 1 amide bonds. The van der Waals surface area contributed by atoms with E-state index in [1.54, 1.807) is 13.0 Å². The predicted molar refractivity (Wildman–Crippen MR) is 99.7 cm³/mol. The van der Waals surface area contributed by atoms with Gasteiger partial charge in [-0.1, -0.05) is 23.7 Å². The number of carboxylic acid groups (broad SMARTS) is 1. The number of carbonyl (C=O) groups excluding carboxylic acids is 1. The number of amides is 1. The molecule has 0 aliphatic carbocycles. The lowest BCUT2D eigenvalue weighted by atomic mass is 9.89. The van der Waals surface area contributed by atoms with Crippen LogP contribution in [0.2, 0.25) is 5.02 Å². The van der Waals surface area contributed by atoms with E-state index < -0.39 is 23.7 Å². The highest BCUT2D eigenvalue weighted by Crippen LogP contribution is 2.38. The Morgan fingerprint density at radius 3 is 2.70 bits per heavy atom. The summed E-state index contributed by atoms with van der Waals surface area (Å²) >= 11 is 5.70. The molecule has 0 saturated carbocycles. The van der Waals surface area contributed by atoms with E-state index in [9.17, 15) is 24.2 Å². The van der Waals surface area contributed by atoms with Crippen molar-refractivity contribution in [3.63, 3.8) is 0 Å². The Balaban J connectivity index is 1.92. The van der Waals surface area contributed by atoms with Crippen molar-refractivity contribution in [3.8, 4) is 5.75 Å². The maximum Gasteiger partial charge on any atom is 0.407 e. The average molecular weight is 390 g/mol. The molecule has 0 fully saturated rings. The molecular formula is C20H17ClFNO4. The van der Waals surface area contributed by atoms with Gasteiger partial charge in [-0.2, -0.15) is 0 Å². The Bertz CT molecular complexity index is 957. The molecule has 2 aromatic rings. The number of rotatable bonds is 3. The number of phenolic OH excluding ortho intramolecular Hbond substituents is 1. The fourth-order valence-electron chi connectivity index (χ4n) is 3.28. The van der Waals surface area contributed by atoms with E-state index >= 15 is 0 Å². The second-order valence-corrected chi connectivity index (χ2v) is 6.74. The van der Waals surface area contributed by atoms with Crippen LogP contribution in [0.25, 0.3) is 6.08 Å². The number of allylic oxidation sites excluding steroid dienone is 1. The molecule has 1 unspecified atom stereocenters. The zero-order valence-corrected chi connectivity index (χ0v) is 15.2. The first kappa shape index (κ1) is 18.9. The highest BCUT2D eigenvalue weighted by atomic mass is 35.5. The quantitative estimate of drug-likeness (QED) is 0.590. The minimum absolute atomic E-state index is 0.0402. The molecule has 0 aromatic heterocycles. The summed E-state index contributed by atoms with van der Waals surface area (Å²) in [4.78, 5) is 25.1. The summed E-state index contributed by atoms with van der Waals surface area (Å²) in [5.74, 6) is -1.31. The van der Waals surface area contributed by atoms with Crippen LogP contribution in [0.4, 0.5) is 9.18 Å². The third-order valence-electron chi connectivity index (χ3n) is 4.70. The Labute approximate surface area is 160 Å². The number of halogens is 2. The summed E-state index contributed by atoms with van der Waals surface area (Å²) in [6.45, 7) is 1.99. The van der Waals surface area contributed by atoms with Crippen molar-refractivity contribution < 1.29 is 24.2 Å². The molecule has 140 valence electrons. The molecule has 27 heavy (non-hydrogen) atoms. The summed E-state index contributed by atoms with van der Waals surface area (Å²) in [6, 6.07) is 6.74. The fraction of sp³-hybridized carbons (Fsp3) is 0.200. The standard InChI is InChI=1S/C20H17ClFNO4/c1-11-18-13(8-9-23(11)20(26)27)3-6-15(19(18)25)17(24)7-4-12-2-5-14(21)10-16(12)22/h2-7,10-11,25H,8-9H2,1H3,(H,26,27)/b7-4+. The van der Waals surface area contributed by atoms with E-state index in [-0.39, 0.29) is 21.9 Å². The van der Waals surface area contributed by atoms with E-state index in [2.05, 4.69) is 0 Å². The number of aromatic hydroxyl groups is 1. The number of fused-ring (bicyclic) bond motifs is 1. The SMILES string of the molecule is CC1c2c(ccc(C(=O)/C=C/c3ccc(Cl)cc3F)c2O)CCN1C(=O)O. The molecule has 1 atom stereocenters. The first-order chi connectivity index (χ1) is 12.8. The minimum Gasteiger partial charge on any atom is -0.507 e. The Kier molecular flexibility index (Phi) is 5.19. The van der Waals surface area contributed by atoms with E-state index in [1.807, 2.05) is 0 Å². The molecule has 0 radical (unpaired) electrons. The third kappa shape index (κ3) is 3.66. The normalized spacial score (nSPS) is 16.4. The van der Waals surface area contributed by atoms with Crippen molar-refractivity contribution in [2.45, 2.75) is 19.4 Å². The van der Waals surface area contributed by atoms with Gasteiger partial charge in [0.05, 0.1) is 11.6 Å². The van der Waals surface area contributed by atoms with Crippen LogP contribution in [-0.2, 0) is 6.42 Å². The lowest BCUT2D eigenvalue weighted by Crippen LogP contribution is -2.38. The second-order valence-electron chi connectivity index (χ2n) is 6.30. The van der Waals surface area contributed by atoms with Crippen molar-refractivity contribution in [1.29, 1.82) is 0 Å². The van der Waals surface area contributed by atoms with Gasteiger partial charge >= 0.3 is 6.09 Å². The smallest absolute Gasteiger partial charge is 0.407 e. The minimum atomic E-state index is -1.08. The monoisotopic (exact) mass is 389 g/mol. The molecule has 0 saturated heterocycles. The lowest BCUT2D eigenvalue weighted by molar-refractivity contribution is 0.104. The zero-order chi connectivity index (χ0) is 19.7. The number of ketones is 1. The van der Waals surface area contributed by atoms with E-state index in [0.29, 0.717) is 18.5 Å². The second kappa shape index (κ2) is 7.40. The van der Waals surface area contributed by atoms with Crippen LogP contribution in [0.15, 0.2) is 36.4 Å². The van der Waals surface area contributed by atoms with Gasteiger partial charge in [-0.05, 0) is 49.3 Å². The molecule has 0 bridgehead atoms. The van der Waals surface area contributed by atoms with Crippen molar-refractivity contribution in [2.75, 3.05) is 6.54 Å². The average Bonchev–Trinajstić information content (AvgIpc) is 2.60. The van der Waals surface area contributed by atoms with E-state index in [1.165, 1.54) is 29.2 Å². The summed E-state index contributed by atoms with van der Waals surface area (Å²) in [5.41, 5.74) is 1.47. The van der Waals surface area contributed by atoms with Crippen molar-refractivity contribution in [2.24, 2.45) is 0 Å². The molecule has 0 spiro atoms. The number of benzene rings is 2. The molecular weight excluding hydrogens is 373 g/mol. The third-order valence-corrected chi connectivity index (χ3v) is 4.94. The van der Waals surface area contributed by atoms with Crippen LogP contribution >= 0.6 is 11.6 Å². The highest BCUT2D eigenvalue weighted by molar-refractivity contribution is 6.30. The maximum absolute atomic E-state index is 13.8. The molecule has 2 N–H and O–H groups in total. The number of hydrogen-bond acceptors (Lipinski definition) is 3. The largest absolute Gasteiger partial charge is 0.507 e. The Morgan fingerprint density at radius 1 is 1.30 bits per heavy atom. The molecule has 2 aromatic carbocycles. The molecule has 1 aliphatic rings. The van der Waals surface area contributed by atoms with Crippen LogP contribution in [-0.4, -0.2) is 33.5 Å². The van der Waals surface area contributed by atoms with Gasteiger partial charge in [-0.25, -0.2) is 9.18 Å². The van der Waals surface area contributed by atoms with Crippen LogP contribution in [0.3, 0.4) is 0 Å². The number of carbonyl (C=O) groups is 2. The topological polar surface area (TPSA) is 77.8 Å². The van der Waals surface area contributed by atoms with Gasteiger partial charge in [-0.15, -0.1) is 0 Å². The number of nitrogens with zero attached hydrogens (tertiary/aromatic N) is 1. The van der Waals surface area contributed by atoms with Gasteiger partial charge in [0.25, 0.3) is 0 Å². The Hall–Kier alpha value is -2.86. The van der Waals surface area contributed by atoms with Crippen molar-refractivity contribution >= 4 is 29.6 Å². The Morgan fingerprint density at radius 2 is 2.04 bits per heavy atom. The molecule has 1 aliphatic heterocycles. The highest BCUT2D eigenvalue weighted by Gasteiger charge is 2.31. The lowest BCUT2D eigenvalue weighted by Gasteiger charge is -2.33. The fourth-order valence-corrected chi connectivity index (χ4v) is 3.44. The zero-order valence-electron chi connectivity index (χ0n) is 14.4. The summed E-state index contributed by atoms with van der Waals surface area (Å²) < 4.78 is 13.8. The van der Waals surface area contributed by atoms with E-state index in [0.717, 1.165) is 17.7 Å². The van der Waals surface area contributed by atoms with Gasteiger partial charge < -0.3 is 15.1 Å². The maximum atomic E-state index is 13.8. The first-order valence-electron chi connectivity index (χ1n) is 8.31. The van der Waals surface area contributed by atoms with Crippen LogP contribution in [0.5, 0.6) is 5.75 Å². The van der Waals surface area contributed by atoms with Gasteiger partial charge in [-0.3, -0.25) is 4.79 Å². The summed E-state index contributed by atoms with van der Waals surface area (Å²) in [7, 11) is 0. The molecule has 1 heterocycles. The van der Waals surface area contributed by atoms with Gasteiger partial charge in [0.1, 0.15) is 11.6 Å². The van der Waals surface area contributed by atoms with Crippen LogP contribution in [0.1, 0.15) is 40.0 Å².